The fraction of sp³-hybridized carbons (Fsp3) is 0.214. The van der Waals surface area contributed by atoms with E-state index in [9.17, 15) is 4.79 Å². The number of hydrogen-bond donors (Lipinski definition) is 2. The van der Waals surface area contributed by atoms with Crippen LogP contribution in [0, 0.1) is 22.7 Å². The van der Waals surface area contributed by atoms with Gasteiger partial charge in [0.1, 0.15) is 17.4 Å². The Morgan fingerprint density at radius 3 is 2.81 bits per heavy atom. The molecule has 0 fully saturated rings. The van der Waals surface area contributed by atoms with Gasteiger partial charge in [0, 0.05) is 18.4 Å². The first-order valence-corrected chi connectivity index (χ1v) is 6.35. The van der Waals surface area contributed by atoms with Crippen molar-refractivity contribution in [3.05, 3.63) is 35.0 Å². The van der Waals surface area contributed by atoms with Gasteiger partial charge in [-0.15, -0.1) is 0 Å². The summed E-state index contributed by atoms with van der Waals surface area (Å²) >= 11 is 5.95. The van der Waals surface area contributed by atoms with Gasteiger partial charge in [0.15, 0.2) is 0 Å². The molecule has 1 aromatic rings. The lowest BCUT2D eigenvalue weighted by Crippen LogP contribution is -2.17. The maximum atomic E-state index is 11.9. The van der Waals surface area contributed by atoms with E-state index in [0.29, 0.717) is 23.0 Å². The van der Waals surface area contributed by atoms with Crippen LogP contribution in [0.25, 0.3) is 0 Å². The molecular weight excluding hydrogens is 292 g/mol. The maximum Gasteiger partial charge on any atom is 0.267 e. The maximum absolute atomic E-state index is 11.9. The molecule has 0 saturated heterocycles. The zero-order chi connectivity index (χ0) is 15.7. The highest BCUT2D eigenvalue weighted by Gasteiger charge is 2.10. The third-order valence-electron chi connectivity index (χ3n) is 2.40. The standard InChI is InChI=1S/C14H13ClN4O2/c1-21-13-4-3-11(7-12(13)15)19-14(20)10(8-17)9-18-6-2-5-16/h3-4,7,9,18H,2,6H2,1H3,(H,19,20)/b10-9-. The Hall–Kier alpha value is -2.70. The number of carbonyl (C=O) groups excluding carboxylic acids is 1. The summed E-state index contributed by atoms with van der Waals surface area (Å²) in [4.78, 5) is 11.9. The predicted octanol–water partition coefficient (Wildman–Crippen LogP) is 2.20. The number of nitrogens with one attached hydrogen (secondary N) is 2. The summed E-state index contributed by atoms with van der Waals surface area (Å²) in [7, 11) is 1.49. The lowest BCUT2D eigenvalue weighted by molar-refractivity contribution is -0.112. The Morgan fingerprint density at radius 1 is 1.48 bits per heavy atom. The molecule has 21 heavy (non-hydrogen) atoms. The van der Waals surface area contributed by atoms with Gasteiger partial charge >= 0.3 is 0 Å². The van der Waals surface area contributed by atoms with Gasteiger partial charge in [-0.2, -0.15) is 10.5 Å². The minimum Gasteiger partial charge on any atom is -0.495 e. The minimum absolute atomic E-state index is 0.0973. The monoisotopic (exact) mass is 304 g/mol. The highest BCUT2D eigenvalue weighted by Crippen LogP contribution is 2.27. The van der Waals surface area contributed by atoms with Crippen LogP contribution in [0.5, 0.6) is 5.75 Å². The van der Waals surface area contributed by atoms with E-state index in [-0.39, 0.29) is 12.0 Å². The quantitative estimate of drug-likeness (QED) is 0.477. The van der Waals surface area contributed by atoms with E-state index in [1.165, 1.54) is 19.4 Å². The lowest BCUT2D eigenvalue weighted by atomic mass is 10.2. The Morgan fingerprint density at radius 2 is 2.24 bits per heavy atom. The summed E-state index contributed by atoms with van der Waals surface area (Å²) in [5.74, 6) is -0.0768. The average Bonchev–Trinajstić information content (AvgIpc) is 2.47. The first kappa shape index (κ1) is 16.4. The third kappa shape index (κ3) is 5.06. The van der Waals surface area contributed by atoms with Crippen LogP contribution in [0.2, 0.25) is 5.02 Å². The van der Waals surface area contributed by atoms with Crippen molar-refractivity contribution >= 4 is 23.2 Å². The van der Waals surface area contributed by atoms with Crippen molar-refractivity contribution in [1.29, 1.82) is 10.5 Å². The molecule has 0 spiro atoms. The zero-order valence-corrected chi connectivity index (χ0v) is 12.1. The average molecular weight is 305 g/mol. The molecule has 0 aliphatic carbocycles. The molecule has 0 aliphatic rings. The highest BCUT2D eigenvalue weighted by molar-refractivity contribution is 6.32. The minimum atomic E-state index is -0.566. The number of nitrogens with zero attached hydrogens (tertiary/aromatic N) is 2. The van der Waals surface area contributed by atoms with Gasteiger partial charge in [-0.25, -0.2) is 0 Å². The summed E-state index contributed by atoms with van der Waals surface area (Å²) < 4.78 is 5.00. The largest absolute Gasteiger partial charge is 0.495 e. The van der Waals surface area contributed by atoms with E-state index in [2.05, 4.69) is 10.6 Å². The molecule has 2 N–H and O–H groups in total. The zero-order valence-electron chi connectivity index (χ0n) is 11.3. The second kappa shape index (κ2) is 8.47. The van der Waals surface area contributed by atoms with Gasteiger partial charge in [-0.3, -0.25) is 4.79 Å². The molecule has 0 unspecified atom stereocenters. The van der Waals surface area contributed by atoms with Crippen LogP contribution in [0.4, 0.5) is 5.69 Å². The molecule has 1 rings (SSSR count). The highest BCUT2D eigenvalue weighted by atomic mass is 35.5. The predicted molar refractivity (Wildman–Crippen MR) is 78.6 cm³/mol. The fourth-order valence-electron chi connectivity index (χ4n) is 1.39. The van der Waals surface area contributed by atoms with Crippen molar-refractivity contribution in [3.8, 4) is 17.9 Å². The fourth-order valence-corrected chi connectivity index (χ4v) is 1.65. The third-order valence-corrected chi connectivity index (χ3v) is 2.70. The molecule has 0 aromatic heterocycles. The molecule has 0 heterocycles. The first-order valence-electron chi connectivity index (χ1n) is 5.98. The van der Waals surface area contributed by atoms with Gasteiger partial charge in [-0.1, -0.05) is 11.6 Å². The van der Waals surface area contributed by atoms with E-state index in [1.807, 2.05) is 6.07 Å². The summed E-state index contributed by atoms with van der Waals surface area (Å²) in [6.07, 6.45) is 1.56. The van der Waals surface area contributed by atoms with E-state index < -0.39 is 5.91 Å². The molecule has 0 radical (unpaired) electrons. The van der Waals surface area contributed by atoms with E-state index in [0.717, 1.165) is 0 Å². The van der Waals surface area contributed by atoms with Crippen LogP contribution in [-0.2, 0) is 4.79 Å². The van der Waals surface area contributed by atoms with Crippen molar-refractivity contribution in [2.75, 3.05) is 19.0 Å². The van der Waals surface area contributed by atoms with Crippen molar-refractivity contribution in [1.82, 2.24) is 5.32 Å². The molecule has 1 amide bonds. The van der Waals surface area contributed by atoms with Crippen molar-refractivity contribution < 1.29 is 9.53 Å². The number of hydrogen-bond acceptors (Lipinski definition) is 5. The molecule has 0 aliphatic heterocycles. The van der Waals surface area contributed by atoms with Crippen LogP contribution in [0.15, 0.2) is 30.0 Å². The Balaban J connectivity index is 2.73. The smallest absolute Gasteiger partial charge is 0.267 e. The second-order valence-corrected chi connectivity index (χ2v) is 4.24. The van der Waals surface area contributed by atoms with Crippen LogP contribution < -0.4 is 15.4 Å². The number of amides is 1. The van der Waals surface area contributed by atoms with E-state index in [4.69, 9.17) is 26.9 Å². The van der Waals surface area contributed by atoms with Crippen LogP contribution in [0.3, 0.4) is 0 Å². The summed E-state index contributed by atoms with van der Waals surface area (Å²) in [5.41, 5.74) is 0.351. The van der Waals surface area contributed by atoms with Crippen molar-refractivity contribution in [3.63, 3.8) is 0 Å². The number of carbonyl (C=O) groups is 1. The topological polar surface area (TPSA) is 97.9 Å². The van der Waals surface area contributed by atoms with Gasteiger partial charge in [0.25, 0.3) is 5.91 Å². The first-order chi connectivity index (χ1) is 10.1. The Kier molecular flexibility index (Phi) is 6.59. The van der Waals surface area contributed by atoms with Crippen LogP contribution >= 0.6 is 11.6 Å². The summed E-state index contributed by atoms with van der Waals surface area (Å²) in [5, 5.41) is 22.9. The molecular formula is C14H13ClN4O2. The molecule has 0 atom stereocenters. The Bertz CT molecular complexity index is 629. The number of ether oxygens (including phenoxy) is 1. The number of nitriles is 2. The molecule has 108 valence electrons. The molecule has 1 aromatic carbocycles. The van der Waals surface area contributed by atoms with E-state index in [1.54, 1.807) is 18.2 Å². The number of anilines is 1. The normalized spacial score (nSPS) is 10.2. The molecule has 0 saturated carbocycles. The van der Waals surface area contributed by atoms with E-state index >= 15 is 0 Å². The van der Waals surface area contributed by atoms with Crippen LogP contribution in [0.1, 0.15) is 6.42 Å². The number of methoxy groups -OCH3 is 1. The number of benzene rings is 1. The summed E-state index contributed by atoms with van der Waals surface area (Å²) in [6, 6.07) is 8.47. The molecule has 7 heteroatoms. The molecule has 0 bridgehead atoms. The van der Waals surface area contributed by atoms with Gasteiger partial charge in [0.2, 0.25) is 0 Å². The number of rotatable bonds is 6. The lowest BCUT2D eigenvalue weighted by Gasteiger charge is -2.07. The Labute approximate surface area is 127 Å². The summed E-state index contributed by atoms with van der Waals surface area (Å²) in [6.45, 7) is 0.364. The van der Waals surface area contributed by atoms with Crippen molar-refractivity contribution in [2.24, 2.45) is 0 Å². The van der Waals surface area contributed by atoms with Gasteiger partial charge < -0.3 is 15.4 Å². The number of halogens is 1. The second-order valence-electron chi connectivity index (χ2n) is 3.84. The van der Waals surface area contributed by atoms with Crippen LogP contribution in [-0.4, -0.2) is 19.6 Å². The van der Waals surface area contributed by atoms with Crippen molar-refractivity contribution in [2.45, 2.75) is 6.42 Å². The van der Waals surface area contributed by atoms with Gasteiger partial charge in [-0.05, 0) is 18.2 Å². The van der Waals surface area contributed by atoms with Gasteiger partial charge in [0.05, 0.1) is 24.6 Å². The molecule has 6 nitrogen and oxygen atoms in total. The SMILES string of the molecule is COc1ccc(NC(=O)/C(C#N)=C\NCCC#N)cc1Cl.